The van der Waals surface area contributed by atoms with E-state index in [0.29, 0.717) is 12.2 Å². The van der Waals surface area contributed by atoms with Gasteiger partial charge in [-0.15, -0.1) is 0 Å². The normalized spacial score (nSPS) is 13.4. The van der Waals surface area contributed by atoms with Crippen LogP contribution in [0, 0.1) is 0 Å². The van der Waals surface area contributed by atoms with Crippen LogP contribution in [-0.4, -0.2) is 12.2 Å². The molecule has 0 spiro atoms. The molecule has 0 aliphatic heterocycles. The summed E-state index contributed by atoms with van der Waals surface area (Å²) in [6, 6.07) is 0. The number of ether oxygens (including phenoxy) is 1. The van der Waals surface area contributed by atoms with Crippen molar-refractivity contribution < 1.29 is 4.74 Å². The number of rotatable bonds is 38. The zero-order valence-electron chi connectivity index (χ0n) is 31.9. The van der Waals surface area contributed by atoms with Crippen LogP contribution in [0.5, 0.6) is 0 Å². The summed E-state index contributed by atoms with van der Waals surface area (Å²) < 4.78 is 6.76. The first-order valence-electron chi connectivity index (χ1n) is 21.2. The quantitative estimate of drug-likeness (QED) is 0.0487. The highest BCUT2D eigenvalue weighted by molar-refractivity contribution is 4.82. The fourth-order valence-electron chi connectivity index (χ4n) is 6.72. The molecule has 2 unspecified atom stereocenters. The molecule has 0 heterocycles. The molecule has 0 aromatic rings. The van der Waals surface area contributed by atoms with E-state index in [1.165, 1.54) is 218 Å². The zero-order valence-corrected chi connectivity index (χ0v) is 31.9. The number of allylic oxidation sites excluding steroid dienone is 4. The summed E-state index contributed by atoms with van der Waals surface area (Å²) in [7, 11) is 0. The molecule has 0 aliphatic rings. The summed E-state index contributed by atoms with van der Waals surface area (Å²) in [4.78, 5) is 0. The second-order valence-electron chi connectivity index (χ2n) is 14.4. The molecule has 45 heavy (non-hydrogen) atoms. The Morgan fingerprint density at radius 3 is 0.844 bits per heavy atom. The molecule has 0 N–H and O–H groups in total. The van der Waals surface area contributed by atoms with Gasteiger partial charge in [0.05, 0.1) is 12.2 Å². The predicted molar refractivity (Wildman–Crippen MR) is 207 cm³/mol. The van der Waals surface area contributed by atoms with Crippen LogP contribution in [0.15, 0.2) is 24.3 Å². The van der Waals surface area contributed by atoms with Crippen LogP contribution in [-0.2, 0) is 4.74 Å². The Bertz CT molecular complexity index is 528. The van der Waals surface area contributed by atoms with Gasteiger partial charge in [-0.3, -0.25) is 0 Å². The van der Waals surface area contributed by atoms with Crippen LogP contribution in [0.1, 0.15) is 246 Å². The first-order chi connectivity index (χ1) is 22.3. The molecule has 0 aromatic heterocycles. The molecule has 0 radical (unpaired) electrons. The molecule has 0 amide bonds. The van der Waals surface area contributed by atoms with Crippen LogP contribution in [0.2, 0.25) is 0 Å². The summed E-state index contributed by atoms with van der Waals surface area (Å²) in [5.41, 5.74) is 0. The van der Waals surface area contributed by atoms with Crippen LogP contribution in [0.4, 0.5) is 0 Å². The van der Waals surface area contributed by atoms with Crippen LogP contribution in [0.25, 0.3) is 0 Å². The third-order valence-electron chi connectivity index (χ3n) is 9.68. The lowest BCUT2D eigenvalue weighted by Gasteiger charge is -2.25. The van der Waals surface area contributed by atoms with E-state index in [2.05, 4.69) is 52.0 Å². The maximum Gasteiger partial charge on any atom is 0.0578 e. The Morgan fingerprint density at radius 1 is 0.289 bits per heavy atom. The minimum atomic E-state index is 0.498. The van der Waals surface area contributed by atoms with E-state index in [-0.39, 0.29) is 0 Å². The molecule has 0 rings (SSSR count). The Labute approximate surface area is 286 Å². The summed E-state index contributed by atoms with van der Waals surface area (Å²) in [5, 5.41) is 0. The van der Waals surface area contributed by atoms with Gasteiger partial charge in [-0.2, -0.15) is 0 Å². The van der Waals surface area contributed by atoms with Gasteiger partial charge in [0.25, 0.3) is 0 Å². The lowest BCUT2D eigenvalue weighted by atomic mass is 10.0. The van der Waals surface area contributed by atoms with Crippen molar-refractivity contribution in [2.75, 3.05) is 0 Å². The lowest BCUT2D eigenvalue weighted by molar-refractivity contribution is -0.0308. The topological polar surface area (TPSA) is 9.23 Å². The number of hydrogen-bond acceptors (Lipinski definition) is 1. The van der Waals surface area contributed by atoms with E-state index in [0.717, 1.165) is 0 Å². The van der Waals surface area contributed by atoms with Crippen molar-refractivity contribution in [1.82, 2.24) is 0 Å². The fraction of sp³-hybridized carbons (Fsp3) is 0.909. The molecule has 1 nitrogen and oxygen atoms in total. The first kappa shape index (κ1) is 44.4. The first-order valence-corrected chi connectivity index (χ1v) is 21.2. The van der Waals surface area contributed by atoms with Gasteiger partial charge in [-0.05, 0) is 77.0 Å². The van der Waals surface area contributed by atoms with Gasteiger partial charge in [-0.25, -0.2) is 0 Å². The third-order valence-corrected chi connectivity index (χ3v) is 9.68. The highest BCUT2D eigenvalue weighted by atomic mass is 16.5. The minimum Gasteiger partial charge on any atom is -0.375 e. The molecular weight excluding hydrogens is 544 g/mol. The molecule has 0 saturated carbocycles. The monoisotopic (exact) mass is 631 g/mol. The Morgan fingerprint density at radius 2 is 0.556 bits per heavy atom. The highest BCUT2D eigenvalue weighted by Crippen LogP contribution is 2.21. The van der Waals surface area contributed by atoms with Crippen molar-refractivity contribution in [2.45, 2.75) is 258 Å². The van der Waals surface area contributed by atoms with E-state index in [4.69, 9.17) is 4.74 Å². The molecule has 0 aliphatic carbocycles. The third kappa shape index (κ3) is 36.1. The van der Waals surface area contributed by atoms with Gasteiger partial charge in [0, 0.05) is 0 Å². The van der Waals surface area contributed by atoms with E-state index >= 15 is 0 Å². The predicted octanol–water partition coefficient (Wildman–Crippen LogP) is 16.2. The second-order valence-corrected chi connectivity index (χ2v) is 14.4. The van der Waals surface area contributed by atoms with Gasteiger partial charge in [0.15, 0.2) is 0 Å². The number of unbranched alkanes of at least 4 members (excludes halogenated alkanes) is 24. The molecular formula is C44H86O. The molecule has 0 fully saturated rings. The zero-order chi connectivity index (χ0) is 32.7. The SMILES string of the molecule is CCCCCCCCC=CCCCCCCCCC(CCC)OC(CCC)CCCCCCCCC=CCCCCCCCC. The van der Waals surface area contributed by atoms with Gasteiger partial charge in [0.2, 0.25) is 0 Å². The molecule has 1 heteroatoms. The van der Waals surface area contributed by atoms with Crippen LogP contribution < -0.4 is 0 Å². The minimum absolute atomic E-state index is 0.498. The number of hydrogen-bond donors (Lipinski definition) is 0. The highest BCUT2D eigenvalue weighted by Gasteiger charge is 2.15. The molecule has 0 saturated heterocycles. The maximum absolute atomic E-state index is 6.76. The molecule has 0 aromatic carbocycles. The van der Waals surface area contributed by atoms with E-state index in [1.54, 1.807) is 0 Å². The largest absolute Gasteiger partial charge is 0.375 e. The van der Waals surface area contributed by atoms with Gasteiger partial charge >= 0.3 is 0 Å². The average molecular weight is 631 g/mol. The Kier molecular flexibility index (Phi) is 39.1. The van der Waals surface area contributed by atoms with Gasteiger partial charge in [0.1, 0.15) is 0 Å². The molecule has 2 atom stereocenters. The second kappa shape index (κ2) is 39.6. The van der Waals surface area contributed by atoms with Crippen molar-refractivity contribution in [2.24, 2.45) is 0 Å². The summed E-state index contributed by atoms with van der Waals surface area (Å²) >= 11 is 0. The maximum atomic E-state index is 6.76. The average Bonchev–Trinajstić information content (AvgIpc) is 3.04. The van der Waals surface area contributed by atoms with Crippen LogP contribution in [0.3, 0.4) is 0 Å². The molecule has 268 valence electrons. The standard InChI is InChI=1S/C44H86O/c1-5-9-11-13-15-17-19-21-23-25-27-29-31-33-35-37-41-43(39-7-3)45-44(40-8-4)42-38-36-34-32-30-28-26-24-22-20-18-16-14-12-10-6-2/h21-24,43-44H,5-20,25-42H2,1-4H3. The van der Waals surface area contributed by atoms with Crippen molar-refractivity contribution in [3.05, 3.63) is 24.3 Å². The smallest absolute Gasteiger partial charge is 0.0578 e. The van der Waals surface area contributed by atoms with E-state index in [1.807, 2.05) is 0 Å². The van der Waals surface area contributed by atoms with Crippen molar-refractivity contribution in [1.29, 1.82) is 0 Å². The Hall–Kier alpha value is -0.560. The fourth-order valence-corrected chi connectivity index (χ4v) is 6.72. The summed E-state index contributed by atoms with van der Waals surface area (Å²) in [6.07, 6.45) is 57.1. The van der Waals surface area contributed by atoms with E-state index in [9.17, 15) is 0 Å². The Balaban J connectivity index is 3.78. The van der Waals surface area contributed by atoms with Gasteiger partial charge < -0.3 is 4.74 Å². The van der Waals surface area contributed by atoms with Gasteiger partial charge in [-0.1, -0.05) is 193 Å². The van der Waals surface area contributed by atoms with E-state index < -0.39 is 0 Å². The van der Waals surface area contributed by atoms with Crippen molar-refractivity contribution >= 4 is 0 Å². The molecule has 0 bridgehead atoms. The summed E-state index contributed by atoms with van der Waals surface area (Å²) in [5.74, 6) is 0. The van der Waals surface area contributed by atoms with Crippen molar-refractivity contribution in [3.8, 4) is 0 Å². The summed E-state index contributed by atoms with van der Waals surface area (Å²) in [6.45, 7) is 9.26. The lowest BCUT2D eigenvalue weighted by Crippen LogP contribution is -2.22. The van der Waals surface area contributed by atoms with Crippen LogP contribution >= 0.6 is 0 Å². The van der Waals surface area contributed by atoms with Crippen molar-refractivity contribution in [3.63, 3.8) is 0 Å².